The molecule has 0 saturated carbocycles. The summed E-state index contributed by atoms with van der Waals surface area (Å²) < 4.78 is 0. The molecule has 1 rings (SSSR count). The van der Waals surface area contributed by atoms with E-state index in [1.165, 1.54) is 0 Å². The average Bonchev–Trinajstić information content (AvgIpc) is 2.16. The molecule has 1 aromatic rings. The summed E-state index contributed by atoms with van der Waals surface area (Å²) in [6.07, 6.45) is 1.04. The Balaban J connectivity index is 2.84. The Morgan fingerprint density at radius 1 is 1.47 bits per heavy atom. The van der Waals surface area contributed by atoms with Crippen LogP contribution in [0, 0.1) is 5.92 Å². The second kappa shape index (κ2) is 5.38. The van der Waals surface area contributed by atoms with Crippen LogP contribution in [0.2, 0.25) is 10.0 Å². The highest BCUT2D eigenvalue weighted by Gasteiger charge is 2.16. The Morgan fingerprint density at radius 2 is 2.13 bits per heavy atom. The lowest BCUT2D eigenvalue weighted by atomic mass is 9.97. The van der Waals surface area contributed by atoms with Crippen molar-refractivity contribution in [3.8, 4) is 0 Å². The van der Waals surface area contributed by atoms with E-state index >= 15 is 0 Å². The fourth-order valence-corrected chi connectivity index (χ4v) is 1.84. The highest BCUT2D eigenvalue weighted by atomic mass is 35.5. The Kier molecular flexibility index (Phi) is 4.43. The zero-order valence-corrected chi connectivity index (χ0v) is 9.85. The second-order valence-electron chi connectivity index (χ2n) is 3.38. The Labute approximate surface area is 98.8 Å². The smallest absolute Gasteiger partial charge is 0.306 e. The molecule has 0 fully saturated rings. The first kappa shape index (κ1) is 12.3. The van der Waals surface area contributed by atoms with Crippen LogP contribution in [-0.2, 0) is 11.2 Å². The molecule has 0 bridgehead atoms. The van der Waals surface area contributed by atoms with Gasteiger partial charge in [0, 0.05) is 10.0 Å². The van der Waals surface area contributed by atoms with Crippen LogP contribution >= 0.6 is 23.2 Å². The third-order valence-electron chi connectivity index (χ3n) is 2.32. The van der Waals surface area contributed by atoms with Gasteiger partial charge in [-0.25, -0.2) is 0 Å². The van der Waals surface area contributed by atoms with Gasteiger partial charge in [0.1, 0.15) is 0 Å². The topological polar surface area (TPSA) is 37.3 Å². The van der Waals surface area contributed by atoms with Gasteiger partial charge in [-0.15, -0.1) is 0 Å². The lowest BCUT2D eigenvalue weighted by molar-refractivity contribution is -0.141. The van der Waals surface area contributed by atoms with Gasteiger partial charge in [-0.05, 0) is 30.5 Å². The van der Waals surface area contributed by atoms with Crippen LogP contribution in [0.5, 0.6) is 0 Å². The van der Waals surface area contributed by atoms with Gasteiger partial charge >= 0.3 is 5.97 Å². The second-order valence-corrected chi connectivity index (χ2v) is 4.23. The van der Waals surface area contributed by atoms with Gasteiger partial charge in [0.05, 0.1) is 5.92 Å². The molecule has 1 atom stereocenters. The minimum absolute atomic E-state index is 0.385. The molecule has 0 spiro atoms. The summed E-state index contributed by atoms with van der Waals surface area (Å²) in [7, 11) is 0. The minimum atomic E-state index is -0.788. The zero-order valence-electron chi connectivity index (χ0n) is 8.34. The van der Waals surface area contributed by atoms with Gasteiger partial charge in [-0.3, -0.25) is 4.79 Å². The van der Waals surface area contributed by atoms with Crippen LogP contribution in [-0.4, -0.2) is 11.1 Å². The predicted molar refractivity (Wildman–Crippen MR) is 61.6 cm³/mol. The molecule has 1 unspecified atom stereocenters. The fraction of sp³-hybridized carbons (Fsp3) is 0.364. The van der Waals surface area contributed by atoms with Gasteiger partial charge in [0.15, 0.2) is 0 Å². The van der Waals surface area contributed by atoms with Gasteiger partial charge in [-0.1, -0.05) is 36.2 Å². The van der Waals surface area contributed by atoms with E-state index in [1.807, 2.05) is 6.92 Å². The predicted octanol–water partition coefficient (Wildman–Crippen LogP) is 3.65. The van der Waals surface area contributed by atoms with Gasteiger partial charge in [-0.2, -0.15) is 0 Å². The molecule has 0 aromatic heterocycles. The number of hydrogen-bond acceptors (Lipinski definition) is 1. The van der Waals surface area contributed by atoms with Crippen LogP contribution in [0.4, 0.5) is 0 Å². The van der Waals surface area contributed by atoms with Gasteiger partial charge < -0.3 is 5.11 Å². The van der Waals surface area contributed by atoms with Crippen LogP contribution < -0.4 is 0 Å². The number of carboxylic acid groups (broad SMARTS) is 1. The van der Waals surface area contributed by atoms with Crippen LogP contribution in [0.3, 0.4) is 0 Å². The summed E-state index contributed by atoms with van der Waals surface area (Å²) in [6, 6.07) is 5.13. The fourth-order valence-electron chi connectivity index (χ4n) is 1.36. The summed E-state index contributed by atoms with van der Waals surface area (Å²) in [4.78, 5) is 10.8. The molecule has 1 N–H and O–H groups in total. The van der Waals surface area contributed by atoms with Crippen molar-refractivity contribution in [1.29, 1.82) is 0 Å². The van der Waals surface area contributed by atoms with Gasteiger partial charge in [0.2, 0.25) is 0 Å². The SMILES string of the molecule is CCC(Cc1ccc(Cl)cc1Cl)C(=O)O. The molecule has 0 aliphatic rings. The lowest BCUT2D eigenvalue weighted by Crippen LogP contribution is -2.15. The van der Waals surface area contributed by atoms with E-state index in [-0.39, 0.29) is 5.92 Å². The summed E-state index contributed by atoms with van der Waals surface area (Å²) in [6.45, 7) is 1.85. The van der Waals surface area contributed by atoms with Crippen molar-refractivity contribution in [3.63, 3.8) is 0 Å². The normalized spacial score (nSPS) is 12.5. The molecule has 0 heterocycles. The van der Waals surface area contributed by atoms with E-state index in [4.69, 9.17) is 28.3 Å². The van der Waals surface area contributed by atoms with Crippen molar-refractivity contribution < 1.29 is 9.90 Å². The molecule has 4 heteroatoms. The van der Waals surface area contributed by atoms with Crippen molar-refractivity contribution in [2.75, 3.05) is 0 Å². The van der Waals surface area contributed by atoms with E-state index in [2.05, 4.69) is 0 Å². The quantitative estimate of drug-likeness (QED) is 0.881. The molecular formula is C11H12Cl2O2. The van der Waals surface area contributed by atoms with Crippen LogP contribution in [0.1, 0.15) is 18.9 Å². The first-order valence-corrected chi connectivity index (χ1v) is 5.47. The lowest BCUT2D eigenvalue weighted by Gasteiger charge is -2.10. The number of aliphatic carboxylic acids is 1. The maximum atomic E-state index is 10.8. The molecule has 1 aromatic carbocycles. The third kappa shape index (κ3) is 3.40. The van der Waals surface area contributed by atoms with Crippen molar-refractivity contribution in [2.45, 2.75) is 19.8 Å². The molecular weight excluding hydrogens is 235 g/mol. The van der Waals surface area contributed by atoms with E-state index < -0.39 is 5.97 Å². The van der Waals surface area contributed by atoms with E-state index in [0.29, 0.717) is 22.9 Å². The molecule has 0 saturated heterocycles. The van der Waals surface area contributed by atoms with Crippen molar-refractivity contribution in [1.82, 2.24) is 0 Å². The maximum Gasteiger partial charge on any atom is 0.306 e. The zero-order chi connectivity index (χ0) is 11.4. The van der Waals surface area contributed by atoms with E-state index in [0.717, 1.165) is 5.56 Å². The molecule has 2 nitrogen and oxygen atoms in total. The standard InChI is InChI=1S/C11H12Cl2O2/c1-2-7(11(14)15)5-8-3-4-9(12)6-10(8)13/h3-4,6-7H,2,5H2,1H3,(H,14,15). The highest BCUT2D eigenvalue weighted by Crippen LogP contribution is 2.24. The molecule has 0 radical (unpaired) electrons. The largest absolute Gasteiger partial charge is 0.481 e. The Hall–Kier alpha value is -0.730. The molecule has 15 heavy (non-hydrogen) atoms. The number of carbonyl (C=O) groups is 1. The van der Waals surface area contributed by atoms with Crippen molar-refractivity contribution in [2.24, 2.45) is 5.92 Å². The molecule has 0 amide bonds. The minimum Gasteiger partial charge on any atom is -0.481 e. The first-order valence-electron chi connectivity index (χ1n) is 4.71. The number of benzene rings is 1. The van der Waals surface area contributed by atoms with E-state index in [9.17, 15) is 4.79 Å². The number of rotatable bonds is 4. The summed E-state index contributed by atoms with van der Waals surface area (Å²) >= 11 is 11.7. The number of hydrogen-bond donors (Lipinski definition) is 1. The average molecular weight is 247 g/mol. The first-order chi connectivity index (χ1) is 7.04. The summed E-state index contributed by atoms with van der Waals surface area (Å²) in [5.41, 5.74) is 0.829. The Bertz CT molecular complexity index is 364. The highest BCUT2D eigenvalue weighted by molar-refractivity contribution is 6.35. The third-order valence-corrected chi connectivity index (χ3v) is 2.91. The van der Waals surface area contributed by atoms with Crippen molar-refractivity contribution >= 4 is 29.2 Å². The van der Waals surface area contributed by atoms with Crippen LogP contribution in [0.25, 0.3) is 0 Å². The molecule has 82 valence electrons. The van der Waals surface area contributed by atoms with E-state index in [1.54, 1.807) is 18.2 Å². The van der Waals surface area contributed by atoms with Gasteiger partial charge in [0.25, 0.3) is 0 Å². The summed E-state index contributed by atoms with van der Waals surface area (Å²) in [5, 5.41) is 10.0. The maximum absolute atomic E-state index is 10.8. The van der Waals surface area contributed by atoms with Crippen LogP contribution in [0.15, 0.2) is 18.2 Å². The number of halogens is 2. The summed E-state index contributed by atoms with van der Waals surface area (Å²) in [5.74, 6) is -1.17. The molecule has 0 aliphatic carbocycles. The number of carboxylic acids is 1. The molecule has 0 aliphatic heterocycles. The Morgan fingerprint density at radius 3 is 2.60 bits per heavy atom. The monoisotopic (exact) mass is 246 g/mol. The van der Waals surface area contributed by atoms with Crippen molar-refractivity contribution in [3.05, 3.63) is 33.8 Å².